The van der Waals surface area contributed by atoms with Gasteiger partial charge in [-0.2, -0.15) is 0 Å². The van der Waals surface area contributed by atoms with Crippen molar-refractivity contribution in [3.05, 3.63) is 34.1 Å². The highest BCUT2D eigenvalue weighted by molar-refractivity contribution is 9.10. The van der Waals surface area contributed by atoms with Crippen molar-refractivity contribution < 1.29 is 9.50 Å². The number of nitrogens with zero attached hydrogens (tertiary/aromatic N) is 1. The topological polar surface area (TPSA) is 23.5 Å². The second-order valence-electron chi connectivity index (χ2n) is 6.21. The van der Waals surface area contributed by atoms with Gasteiger partial charge in [-0.15, -0.1) is 0 Å². The molecule has 21 heavy (non-hydrogen) atoms. The number of benzene rings is 1. The van der Waals surface area contributed by atoms with E-state index in [2.05, 4.69) is 34.7 Å². The van der Waals surface area contributed by atoms with E-state index in [0.29, 0.717) is 6.42 Å². The van der Waals surface area contributed by atoms with Crippen molar-refractivity contribution in [3.63, 3.8) is 0 Å². The predicted molar refractivity (Wildman–Crippen MR) is 87.9 cm³/mol. The van der Waals surface area contributed by atoms with Crippen LogP contribution in [0.3, 0.4) is 0 Å². The van der Waals surface area contributed by atoms with Gasteiger partial charge in [0, 0.05) is 16.4 Å². The van der Waals surface area contributed by atoms with E-state index in [-0.39, 0.29) is 11.4 Å². The number of hydrogen-bond donors (Lipinski definition) is 1. The van der Waals surface area contributed by atoms with E-state index in [1.54, 1.807) is 6.07 Å². The summed E-state index contributed by atoms with van der Waals surface area (Å²) in [5.41, 5.74) is 0.745. The molecular formula is C17H25BrFNO. The van der Waals surface area contributed by atoms with E-state index in [1.807, 2.05) is 0 Å². The van der Waals surface area contributed by atoms with Crippen LogP contribution in [0.4, 0.5) is 4.39 Å². The molecule has 0 radical (unpaired) electrons. The average molecular weight is 358 g/mol. The maximum atomic E-state index is 13.2. The lowest BCUT2D eigenvalue weighted by Gasteiger charge is -2.46. The molecule has 1 aromatic carbocycles. The van der Waals surface area contributed by atoms with Crippen molar-refractivity contribution in [2.75, 3.05) is 13.1 Å². The minimum Gasteiger partial charge on any atom is -0.391 e. The van der Waals surface area contributed by atoms with Gasteiger partial charge in [0.25, 0.3) is 0 Å². The van der Waals surface area contributed by atoms with Gasteiger partial charge in [0.2, 0.25) is 0 Å². The van der Waals surface area contributed by atoms with E-state index in [4.69, 9.17) is 0 Å². The predicted octanol–water partition coefficient (Wildman–Crippen LogP) is 4.15. The fraction of sp³-hybridized carbons (Fsp3) is 0.647. The molecule has 2 unspecified atom stereocenters. The zero-order chi connectivity index (χ0) is 15.5. The van der Waals surface area contributed by atoms with Crippen LogP contribution >= 0.6 is 15.9 Å². The van der Waals surface area contributed by atoms with Crippen LogP contribution < -0.4 is 0 Å². The summed E-state index contributed by atoms with van der Waals surface area (Å²) in [6.45, 7) is 6.41. The zero-order valence-corrected chi connectivity index (χ0v) is 14.5. The van der Waals surface area contributed by atoms with E-state index in [9.17, 15) is 9.50 Å². The Morgan fingerprint density at radius 1 is 1.33 bits per heavy atom. The minimum absolute atomic E-state index is 0.214. The summed E-state index contributed by atoms with van der Waals surface area (Å²) in [6.07, 6.45) is 4.71. The lowest BCUT2D eigenvalue weighted by Crippen LogP contribution is -2.56. The highest BCUT2D eigenvalue weighted by Crippen LogP contribution is 2.30. The van der Waals surface area contributed by atoms with Crippen molar-refractivity contribution in [2.45, 2.75) is 57.6 Å². The smallest absolute Gasteiger partial charge is 0.124 e. The Hall–Kier alpha value is -0.450. The summed E-state index contributed by atoms with van der Waals surface area (Å²) >= 11 is 3.40. The summed E-state index contributed by atoms with van der Waals surface area (Å²) in [5.74, 6) is -0.255. The fourth-order valence-electron chi connectivity index (χ4n) is 3.19. The van der Waals surface area contributed by atoms with Gasteiger partial charge >= 0.3 is 0 Å². The van der Waals surface area contributed by atoms with Gasteiger partial charge in [-0.05, 0) is 57.0 Å². The molecule has 1 aliphatic heterocycles. The van der Waals surface area contributed by atoms with Gasteiger partial charge in [0.15, 0.2) is 0 Å². The molecule has 0 bridgehead atoms. The summed E-state index contributed by atoms with van der Waals surface area (Å²) < 4.78 is 13.9. The number of likely N-dealkylation sites (tertiary alicyclic amines) is 1. The summed E-state index contributed by atoms with van der Waals surface area (Å²) in [5, 5.41) is 10.8. The molecular weight excluding hydrogens is 333 g/mol. The normalized spacial score (nSPS) is 21.0. The Kier molecular flexibility index (Phi) is 5.81. The number of hydrogen-bond acceptors (Lipinski definition) is 2. The monoisotopic (exact) mass is 357 g/mol. The van der Waals surface area contributed by atoms with Crippen LogP contribution in [-0.4, -0.2) is 34.7 Å². The Labute approximate surface area is 135 Å². The molecule has 0 aliphatic carbocycles. The second kappa shape index (κ2) is 7.21. The standard InChI is InChI=1S/C17H25BrFNO/c1-3-17(2,20-9-5-4-6-10-20)16(21)11-13-7-8-14(19)12-15(13)18/h7-8,12,16,21H,3-6,9-11H2,1-2H3. The van der Waals surface area contributed by atoms with Gasteiger partial charge in [0.05, 0.1) is 6.10 Å². The number of rotatable bonds is 5. The Balaban J connectivity index is 2.13. The number of piperidine rings is 1. The molecule has 0 aromatic heterocycles. The summed E-state index contributed by atoms with van der Waals surface area (Å²) in [6, 6.07) is 4.68. The van der Waals surface area contributed by atoms with Gasteiger partial charge < -0.3 is 5.11 Å². The number of halogens is 2. The first-order valence-corrected chi connectivity index (χ1v) is 8.63. The third-order valence-corrected chi connectivity index (χ3v) is 5.68. The van der Waals surface area contributed by atoms with E-state index in [1.165, 1.54) is 31.4 Å². The van der Waals surface area contributed by atoms with Gasteiger partial charge in [0.1, 0.15) is 5.82 Å². The summed E-state index contributed by atoms with van der Waals surface area (Å²) in [7, 11) is 0. The van der Waals surface area contributed by atoms with Crippen LogP contribution in [0.15, 0.2) is 22.7 Å². The molecule has 1 heterocycles. The first kappa shape index (κ1) is 16.9. The first-order chi connectivity index (χ1) is 9.97. The molecule has 1 aliphatic rings. The average Bonchev–Trinajstić information content (AvgIpc) is 2.50. The molecule has 2 rings (SSSR count). The number of aliphatic hydroxyl groups is 1. The van der Waals surface area contributed by atoms with Gasteiger partial charge in [-0.3, -0.25) is 4.90 Å². The third-order valence-electron chi connectivity index (χ3n) is 4.94. The number of aliphatic hydroxyl groups excluding tert-OH is 1. The molecule has 1 fully saturated rings. The van der Waals surface area contributed by atoms with Crippen LogP contribution in [0, 0.1) is 5.82 Å². The molecule has 0 amide bonds. The third kappa shape index (κ3) is 3.85. The molecule has 0 spiro atoms. The highest BCUT2D eigenvalue weighted by Gasteiger charge is 2.37. The van der Waals surface area contributed by atoms with Crippen molar-refractivity contribution in [1.82, 2.24) is 4.90 Å². The van der Waals surface area contributed by atoms with Crippen LogP contribution in [0.25, 0.3) is 0 Å². The van der Waals surface area contributed by atoms with Crippen molar-refractivity contribution in [3.8, 4) is 0 Å². The SMILES string of the molecule is CCC(C)(C(O)Cc1ccc(F)cc1Br)N1CCCCC1. The van der Waals surface area contributed by atoms with Gasteiger partial charge in [-0.1, -0.05) is 35.3 Å². The van der Waals surface area contributed by atoms with E-state index < -0.39 is 6.10 Å². The van der Waals surface area contributed by atoms with Crippen LogP contribution in [0.1, 0.15) is 45.1 Å². The maximum Gasteiger partial charge on any atom is 0.124 e. The fourth-order valence-corrected chi connectivity index (χ4v) is 3.70. The van der Waals surface area contributed by atoms with Gasteiger partial charge in [-0.25, -0.2) is 4.39 Å². The van der Waals surface area contributed by atoms with E-state index >= 15 is 0 Å². The lowest BCUT2D eigenvalue weighted by atomic mass is 9.84. The van der Waals surface area contributed by atoms with E-state index in [0.717, 1.165) is 29.5 Å². The second-order valence-corrected chi connectivity index (χ2v) is 7.07. The molecule has 2 atom stereocenters. The molecule has 0 saturated carbocycles. The Morgan fingerprint density at radius 3 is 2.57 bits per heavy atom. The summed E-state index contributed by atoms with van der Waals surface area (Å²) in [4.78, 5) is 2.43. The van der Waals surface area contributed by atoms with Crippen molar-refractivity contribution in [1.29, 1.82) is 0 Å². The largest absolute Gasteiger partial charge is 0.391 e. The van der Waals surface area contributed by atoms with Crippen LogP contribution in [0.2, 0.25) is 0 Å². The lowest BCUT2D eigenvalue weighted by molar-refractivity contribution is -0.0329. The van der Waals surface area contributed by atoms with Crippen molar-refractivity contribution >= 4 is 15.9 Å². The van der Waals surface area contributed by atoms with Crippen LogP contribution in [0.5, 0.6) is 0 Å². The molecule has 118 valence electrons. The first-order valence-electron chi connectivity index (χ1n) is 7.84. The zero-order valence-electron chi connectivity index (χ0n) is 12.9. The Morgan fingerprint density at radius 2 is 2.00 bits per heavy atom. The highest BCUT2D eigenvalue weighted by atomic mass is 79.9. The minimum atomic E-state index is -0.456. The maximum absolute atomic E-state index is 13.2. The molecule has 2 nitrogen and oxygen atoms in total. The molecule has 1 N–H and O–H groups in total. The Bertz CT molecular complexity index is 476. The van der Waals surface area contributed by atoms with Crippen LogP contribution in [-0.2, 0) is 6.42 Å². The molecule has 4 heteroatoms. The molecule has 1 aromatic rings. The molecule has 1 saturated heterocycles. The quantitative estimate of drug-likeness (QED) is 0.855. The van der Waals surface area contributed by atoms with Crippen molar-refractivity contribution in [2.24, 2.45) is 0 Å².